The zero-order valence-corrected chi connectivity index (χ0v) is 7.88. The molecule has 0 saturated heterocycles. The van der Waals surface area contributed by atoms with Crippen molar-refractivity contribution in [3.8, 4) is 0 Å². The molecule has 2 aliphatic rings. The summed E-state index contributed by atoms with van der Waals surface area (Å²) in [6, 6.07) is 0. The summed E-state index contributed by atoms with van der Waals surface area (Å²) in [6.07, 6.45) is 2.82. The summed E-state index contributed by atoms with van der Waals surface area (Å²) in [6.45, 7) is 4.53. The van der Waals surface area contributed by atoms with Crippen LogP contribution in [0.1, 0.15) is 33.1 Å². The smallest absolute Gasteiger partial charge is 0.0626 e. The van der Waals surface area contributed by atoms with E-state index in [9.17, 15) is 10.2 Å². The molecule has 2 N–H and O–H groups in total. The van der Waals surface area contributed by atoms with Gasteiger partial charge in [0, 0.05) is 5.41 Å². The summed E-state index contributed by atoms with van der Waals surface area (Å²) >= 11 is 0. The summed E-state index contributed by atoms with van der Waals surface area (Å²) in [5, 5.41) is 19.2. The van der Waals surface area contributed by atoms with Crippen LogP contribution < -0.4 is 0 Å². The maximum absolute atomic E-state index is 9.85. The van der Waals surface area contributed by atoms with Crippen molar-refractivity contribution in [3.05, 3.63) is 0 Å². The monoisotopic (exact) mass is 170 g/mol. The summed E-state index contributed by atoms with van der Waals surface area (Å²) in [4.78, 5) is 0. The van der Waals surface area contributed by atoms with E-state index in [1.165, 1.54) is 6.42 Å². The van der Waals surface area contributed by atoms with Gasteiger partial charge in [-0.2, -0.15) is 0 Å². The molecule has 0 aromatic carbocycles. The highest BCUT2D eigenvalue weighted by Gasteiger charge is 2.63. The van der Waals surface area contributed by atoms with Crippen LogP contribution in [0.25, 0.3) is 0 Å². The number of hydrogen-bond acceptors (Lipinski definition) is 2. The molecular formula is C10H18O2. The molecule has 0 heterocycles. The van der Waals surface area contributed by atoms with Gasteiger partial charge in [-0.3, -0.25) is 0 Å². The predicted molar refractivity (Wildman–Crippen MR) is 46.6 cm³/mol. The lowest BCUT2D eigenvalue weighted by Crippen LogP contribution is -2.41. The average molecular weight is 170 g/mol. The van der Waals surface area contributed by atoms with Gasteiger partial charge in [0.2, 0.25) is 0 Å². The van der Waals surface area contributed by atoms with Crippen LogP contribution >= 0.6 is 0 Å². The standard InChI is InChI=1S/C10H18O2/c1-9(2)7-3-4-10(9,6-11)8(12)5-7/h7-8,11-12H,3-6H2,1-2H3/t7-,8-,10-/m0/s1. The second-order valence-electron chi connectivity index (χ2n) is 5.02. The second-order valence-corrected chi connectivity index (χ2v) is 5.02. The first-order valence-corrected chi connectivity index (χ1v) is 4.83. The lowest BCUT2D eigenvalue weighted by atomic mass is 9.69. The minimum Gasteiger partial charge on any atom is -0.396 e. The fourth-order valence-corrected chi connectivity index (χ4v) is 3.41. The number of rotatable bonds is 1. The van der Waals surface area contributed by atoms with Gasteiger partial charge in [0.25, 0.3) is 0 Å². The summed E-state index contributed by atoms with van der Waals surface area (Å²) in [7, 11) is 0. The zero-order chi connectivity index (χ0) is 8.98. The maximum atomic E-state index is 9.85. The molecule has 0 aliphatic heterocycles. The summed E-state index contributed by atoms with van der Waals surface area (Å²) in [5.74, 6) is 0.625. The zero-order valence-electron chi connectivity index (χ0n) is 7.88. The van der Waals surface area contributed by atoms with Crippen molar-refractivity contribution in [1.82, 2.24) is 0 Å². The fourth-order valence-electron chi connectivity index (χ4n) is 3.41. The Labute approximate surface area is 73.6 Å². The Kier molecular flexibility index (Phi) is 1.59. The fraction of sp³-hybridized carbons (Fsp3) is 1.00. The molecule has 3 atom stereocenters. The molecule has 12 heavy (non-hydrogen) atoms. The molecule has 2 nitrogen and oxygen atoms in total. The molecule has 0 unspecified atom stereocenters. The number of hydrogen-bond donors (Lipinski definition) is 2. The van der Waals surface area contributed by atoms with Gasteiger partial charge in [-0.1, -0.05) is 13.8 Å². The van der Waals surface area contributed by atoms with Gasteiger partial charge < -0.3 is 10.2 Å². The Hall–Kier alpha value is -0.0800. The van der Waals surface area contributed by atoms with Gasteiger partial charge in [0.05, 0.1) is 12.7 Å². The van der Waals surface area contributed by atoms with Gasteiger partial charge in [0.15, 0.2) is 0 Å². The SMILES string of the molecule is CC1(C)[C@H]2CC[C@]1(CO)[C@@H](O)C2. The van der Waals surface area contributed by atoms with E-state index in [4.69, 9.17) is 0 Å². The molecule has 2 bridgehead atoms. The van der Waals surface area contributed by atoms with E-state index in [0.717, 1.165) is 12.8 Å². The van der Waals surface area contributed by atoms with Gasteiger partial charge in [-0.25, -0.2) is 0 Å². The van der Waals surface area contributed by atoms with E-state index in [2.05, 4.69) is 13.8 Å². The first-order valence-electron chi connectivity index (χ1n) is 4.83. The number of aliphatic hydroxyl groups is 2. The minimum absolute atomic E-state index is 0.140. The molecule has 2 aliphatic carbocycles. The Balaban J connectivity index is 2.39. The molecule has 0 aromatic heterocycles. The summed E-state index contributed by atoms with van der Waals surface area (Å²) < 4.78 is 0. The minimum atomic E-state index is -0.267. The topological polar surface area (TPSA) is 40.5 Å². The van der Waals surface area contributed by atoms with E-state index in [1.54, 1.807) is 0 Å². The normalized spacial score (nSPS) is 50.0. The van der Waals surface area contributed by atoms with Gasteiger partial charge >= 0.3 is 0 Å². The molecule has 0 aromatic rings. The third kappa shape index (κ3) is 0.686. The molecule has 0 amide bonds. The highest BCUT2D eigenvalue weighted by Crippen LogP contribution is 2.65. The van der Waals surface area contributed by atoms with Crippen molar-refractivity contribution < 1.29 is 10.2 Å². The van der Waals surface area contributed by atoms with Gasteiger partial charge in [0.1, 0.15) is 0 Å². The van der Waals surface area contributed by atoms with Crippen LogP contribution in [0.4, 0.5) is 0 Å². The van der Waals surface area contributed by atoms with Crippen LogP contribution in [0.15, 0.2) is 0 Å². The second kappa shape index (κ2) is 2.24. The van der Waals surface area contributed by atoms with Crippen LogP contribution in [0.5, 0.6) is 0 Å². The predicted octanol–water partition coefficient (Wildman–Crippen LogP) is 1.17. The number of fused-ring (bicyclic) bond motifs is 2. The third-order valence-electron chi connectivity index (χ3n) is 4.67. The molecule has 2 saturated carbocycles. The highest BCUT2D eigenvalue weighted by molar-refractivity contribution is 5.12. The Morgan fingerprint density at radius 1 is 1.42 bits per heavy atom. The first-order chi connectivity index (χ1) is 5.54. The van der Waals surface area contributed by atoms with Crippen molar-refractivity contribution in [2.75, 3.05) is 6.61 Å². The molecule has 2 rings (SSSR count). The van der Waals surface area contributed by atoms with Crippen LogP contribution in [0.2, 0.25) is 0 Å². The lowest BCUT2D eigenvalue weighted by Gasteiger charge is -2.38. The Bertz CT molecular complexity index is 200. The Morgan fingerprint density at radius 3 is 2.33 bits per heavy atom. The highest BCUT2D eigenvalue weighted by atomic mass is 16.3. The van der Waals surface area contributed by atoms with E-state index >= 15 is 0 Å². The van der Waals surface area contributed by atoms with Crippen molar-refractivity contribution >= 4 is 0 Å². The molecule has 0 radical (unpaired) electrons. The largest absolute Gasteiger partial charge is 0.396 e. The van der Waals surface area contributed by atoms with E-state index in [0.29, 0.717) is 5.92 Å². The van der Waals surface area contributed by atoms with Crippen molar-refractivity contribution in [2.45, 2.75) is 39.2 Å². The van der Waals surface area contributed by atoms with Crippen LogP contribution in [0.3, 0.4) is 0 Å². The molecule has 0 spiro atoms. The Morgan fingerprint density at radius 2 is 2.08 bits per heavy atom. The quantitative estimate of drug-likeness (QED) is 0.620. The van der Waals surface area contributed by atoms with Crippen LogP contribution in [0, 0.1) is 16.7 Å². The molecular weight excluding hydrogens is 152 g/mol. The molecule has 70 valence electrons. The molecule has 2 heteroatoms. The van der Waals surface area contributed by atoms with E-state index < -0.39 is 0 Å². The maximum Gasteiger partial charge on any atom is 0.0626 e. The average Bonchev–Trinajstić information content (AvgIpc) is 2.36. The first kappa shape index (κ1) is 8.52. The van der Waals surface area contributed by atoms with E-state index in [-0.39, 0.29) is 23.5 Å². The van der Waals surface area contributed by atoms with Crippen LogP contribution in [-0.2, 0) is 0 Å². The number of aliphatic hydroxyl groups excluding tert-OH is 2. The van der Waals surface area contributed by atoms with Crippen molar-refractivity contribution in [3.63, 3.8) is 0 Å². The van der Waals surface area contributed by atoms with Crippen molar-refractivity contribution in [1.29, 1.82) is 0 Å². The molecule has 2 fully saturated rings. The van der Waals surface area contributed by atoms with Gasteiger partial charge in [-0.05, 0) is 30.6 Å². The summed E-state index contributed by atoms with van der Waals surface area (Å²) in [5.41, 5.74) is -0.0428. The van der Waals surface area contributed by atoms with E-state index in [1.807, 2.05) is 0 Å². The van der Waals surface area contributed by atoms with Crippen molar-refractivity contribution in [2.24, 2.45) is 16.7 Å². The third-order valence-corrected chi connectivity index (χ3v) is 4.67. The lowest BCUT2D eigenvalue weighted by molar-refractivity contribution is -0.0446. The van der Waals surface area contributed by atoms with Crippen LogP contribution in [-0.4, -0.2) is 22.9 Å². The van der Waals surface area contributed by atoms with Gasteiger partial charge in [-0.15, -0.1) is 0 Å².